The molecular weight excluding hydrogens is 392 g/mol. The van der Waals surface area contributed by atoms with Crippen molar-refractivity contribution in [2.45, 2.75) is 100 Å². The van der Waals surface area contributed by atoms with Crippen molar-refractivity contribution in [3.05, 3.63) is 0 Å². The fourth-order valence-corrected chi connectivity index (χ4v) is 2.18. The fraction of sp³-hybridized carbons (Fsp3) is 1.00. The lowest BCUT2D eigenvalue weighted by molar-refractivity contribution is -0.00805. The SMILES string of the molecule is C.C.C.C.C.C.C.C.C.C.COCCOC(C)CN(C)CN(C)CC(C)OCCOC. The molecule has 0 heterocycles. The molecule has 2 atom stereocenters. The third-order valence-electron chi connectivity index (χ3n) is 3.00. The van der Waals surface area contributed by atoms with E-state index in [0.717, 1.165) is 19.8 Å². The molecule has 0 fully saturated rings. The normalized spacial score (nSPS) is 10.1. The highest BCUT2D eigenvalue weighted by Crippen LogP contribution is 1.99. The van der Waals surface area contributed by atoms with Crippen LogP contribution in [-0.2, 0) is 18.9 Å². The standard InChI is InChI=1S/C15H34N2O4.10CH4/c1-14(20-9-7-18-5)11-16(3)13-17(4)12-15(2)21-10-8-19-6;;;;;;;;;;/h14-15H,7-13H2,1-6H3;10*1H4. The Morgan fingerprint density at radius 2 is 0.774 bits per heavy atom. The zero-order valence-corrected chi connectivity index (χ0v) is 14.6. The van der Waals surface area contributed by atoms with Gasteiger partial charge in [-0.15, -0.1) is 0 Å². The number of nitrogens with zero attached hydrogens (tertiary/aromatic N) is 2. The highest BCUT2D eigenvalue weighted by atomic mass is 16.5. The highest BCUT2D eigenvalue weighted by molar-refractivity contribution is 4.62. The van der Waals surface area contributed by atoms with Crippen LogP contribution < -0.4 is 0 Å². The van der Waals surface area contributed by atoms with E-state index in [-0.39, 0.29) is 86.5 Å². The maximum atomic E-state index is 5.66. The molecule has 0 aliphatic rings. The van der Waals surface area contributed by atoms with Crippen LogP contribution in [0.5, 0.6) is 0 Å². The molecule has 0 aromatic carbocycles. The molecule has 0 aliphatic carbocycles. The van der Waals surface area contributed by atoms with Crippen LogP contribution in [0.2, 0.25) is 0 Å². The Morgan fingerprint density at radius 3 is 1.00 bits per heavy atom. The number of methoxy groups -OCH3 is 2. The van der Waals surface area contributed by atoms with Gasteiger partial charge in [-0.05, 0) is 27.9 Å². The summed E-state index contributed by atoms with van der Waals surface area (Å²) >= 11 is 0. The van der Waals surface area contributed by atoms with Gasteiger partial charge in [-0.25, -0.2) is 0 Å². The molecule has 0 bridgehead atoms. The highest BCUT2D eigenvalue weighted by Gasteiger charge is 2.11. The van der Waals surface area contributed by atoms with Crippen LogP contribution in [-0.4, -0.2) is 96.5 Å². The van der Waals surface area contributed by atoms with Crippen molar-refractivity contribution in [1.82, 2.24) is 9.80 Å². The van der Waals surface area contributed by atoms with Crippen molar-refractivity contribution < 1.29 is 18.9 Å². The van der Waals surface area contributed by atoms with Crippen LogP contribution in [0.15, 0.2) is 0 Å². The van der Waals surface area contributed by atoms with E-state index < -0.39 is 0 Å². The van der Waals surface area contributed by atoms with Crippen molar-refractivity contribution in [3.8, 4) is 0 Å². The number of hydrogen-bond acceptors (Lipinski definition) is 6. The predicted molar refractivity (Wildman–Crippen MR) is 152 cm³/mol. The summed E-state index contributed by atoms with van der Waals surface area (Å²) in [6.45, 7) is 9.42. The van der Waals surface area contributed by atoms with Gasteiger partial charge >= 0.3 is 0 Å². The lowest BCUT2D eigenvalue weighted by Crippen LogP contribution is -2.40. The molecule has 0 saturated carbocycles. The van der Waals surface area contributed by atoms with Gasteiger partial charge in [0.25, 0.3) is 0 Å². The van der Waals surface area contributed by atoms with Gasteiger partial charge in [0.15, 0.2) is 0 Å². The minimum Gasteiger partial charge on any atom is -0.382 e. The van der Waals surface area contributed by atoms with Gasteiger partial charge in [0, 0.05) is 27.3 Å². The van der Waals surface area contributed by atoms with E-state index in [4.69, 9.17) is 18.9 Å². The average Bonchev–Trinajstić information content (AvgIpc) is 2.38. The molecule has 0 aliphatic heterocycles. The van der Waals surface area contributed by atoms with Crippen LogP contribution in [0, 0.1) is 0 Å². The minimum atomic E-state index is 0. The molecule has 0 aromatic heterocycles. The van der Waals surface area contributed by atoms with Crippen molar-refractivity contribution in [3.63, 3.8) is 0 Å². The molecule has 0 saturated heterocycles. The molecule has 31 heavy (non-hydrogen) atoms. The Hall–Kier alpha value is -0.240. The Kier molecular flexibility index (Phi) is 107. The molecule has 0 spiro atoms. The molecule has 0 aromatic rings. The number of hydrogen-bond donors (Lipinski definition) is 0. The number of ether oxygens (including phenoxy) is 4. The van der Waals surface area contributed by atoms with E-state index in [1.54, 1.807) is 14.2 Å². The lowest BCUT2D eigenvalue weighted by atomic mass is 10.3. The Balaban J connectivity index is -0.0000000444. The zero-order valence-electron chi connectivity index (χ0n) is 14.6. The fourth-order valence-electron chi connectivity index (χ4n) is 2.18. The summed E-state index contributed by atoms with van der Waals surface area (Å²) in [6.07, 6.45) is 0.405. The molecule has 0 amide bonds. The Morgan fingerprint density at radius 1 is 0.516 bits per heavy atom. The maximum Gasteiger partial charge on any atom is 0.0704 e. The van der Waals surface area contributed by atoms with E-state index >= 15 is 0 Å². The van der Waals surface area contributed by atoms with Gasteiger partial charge in [0.05, 0.1) is 45.3 Å². The summed E-state index contributed by atoms with van der Waals surface area (Å²) in [4.78, 5) is 4.50. The second kappa shape index (κ2) is 47.5. The van der Waals surface area contributed by atoms with Crippen LogP contribution in [0.1, 0.15) is 88.1 Å². The first kappa shape index (κ1) is 69.8. The predicted octanol–water partition coefficient (Wildman–Crippen LogP) is 7.27. The van der Waals surface area contributed by atoms with Crippen molar-refractivity contribution >= 4 is 0 Å². The summed E-state index contributed by atoms with van der Waals surface area (Å²) in [6, 6.07) is 0. The molecule has 2 unspecified atom stereocenters. The van der Waals surface area contributed by atoms with Crippen LogP contribution >= 0.6 is 0 Å². The second-order valence-corrected chi connectivity index (χ2v) is 5.57. The summed E-state index contributed by atoms with van der Waals surface area (Å²) in [7, 11) is 7.57. The van der Waals surface area contributed by atoms with Gasteiger partial charge in [0.2, 0.25) is 0 Å². The quantitative estimate of drug-likeness (QED) is 0.198. The van der Waals surface area contributed by atoms with Gasteiger partial charge in [-0.2, -0.15) is 0 Å². The van der Waals surface area contributed by atoms with E-state index in [0.29, 0.717) is 26.4 Å². The van der Waals surface area contributed by atoms with Crippen molar-refractivity contribution in [2.24, 2.45) is 0 Å². The second-order valence-electron chi connectivity index (χ2n) is 5.57. The van der Waals surface area contributed by atoms with Gasteiger partial charge in [-0.3, -0.25) is 9.80 Å². The van der Waals surface area contributed by atoms with E-state index in [1.807, 2.05) is 0 Å². The minimum absolute atomic E-state index is 0. The van der Waals surface area contributed by atoms with E-state index in [9.17, 15) is 0 Å². The summed E-state index contributed by atoms with van der Waals surface area (Å²) < 4.78 is 21.3. The van der Waals surface area contributed by atoms with Gasteiger partial charge in [0.1, 0.15) is 0 Å². The third-order valence-corrected chi connectivity index (χ3v) is 3.00. The first-order valence-corrected chi connectivity index (χ1v) is 7.57. The molecular formula is C25H74N2O4. The third kappa shape index (κ3) is 48.4. The largest absolute Gasteiger partial charge is 0.382 e. The molecule has 0 N–H and O–H groups in total. The first-order chi connectivity index (χ1) is 9.99. The molecule has 0 rings (SSSR count). The maximum absolute atomic E-state index is 5.66. The van der Waals surface area contributed by atoms with Gasteiger partial charge in [-0.1, -0.05) is 74.3 Å². The topological polar surface area (TPSA) is 43.4 Å². The van der Waals surface area contributed by atoms with Crippen LogP contribution in [0.25, 0.3) is 0 Å². The number of likely N-dealkylation sites (N-methyl/N-ethyl adjacent to an activating group) is 2. The molecule has 0 radical (unpaired) electrons. The Bertz CT molecular complexity index is 214. The van der Waals surface area contributed by atoms with Gasteiger partial charge < -0.3 is 18.9 Å². The summed E-state index contributed by atoms with van der Waals surface area (Å²) in [5.41, 5.74) is 0. The first-order valence-electron chi connectivity index (χ1n) is 7.57. The summed E-state index contributed by atoms with van der Waals surface area (Å²) in [5.74, 6) is 0. The van der Waals surface area contributed by atoms with Crippen LogP contribution in [0.4, 0.5) is 0 Å². The van der Waals surface area contributed by atoms with Crippen molar-refractivity contribution in [1.29, 1.82) is 0 Å². The van der Waals surface area contributed by atoms with Crippen molar-refractivity contribution in [2.75, 3.05) is 74.5 Å². The molecule has 6 heteroatoms. The van der Waals surface area contributed by atoms with E-state index in [2.05, 4.69) is 37.7 Å². The van der Waals surface area contributed by atoms with E-state index in [1.165, 1.54) is 0 Å². The summed E-state index contributed by atoms with van der Waals surface area (Å²) in [5, 5.41) is 0. The average molecular weight is 467 g/mol. The smallest absolute Gasteiger partial charge is 0.0704 e. The monoisotopic (exact) mass is 467 g/mol. The Labute approximate surface area is 204 Å². The lowest BCUT2D eigenvalue weighted by Gasteiger charge is -2.28. The number of rotatable bonds is 14. The zero-order chi connectivity index (χ0) is 16.1. The molecule has 6 nitrogen and oxygen atoms in total. The molecule has 208 valence electrons. The van der Waals surface area contributed by atoms with Crippen LogP contribution in [0.3, 0.4) is 0 Å².